The van der Waals surface area contributed by atoms with E-state index in [-0.39, 0.29) is 17.3 Å². The Hall–Kier alpha value is -1.59. The zero-order valence-corrected chi connectivity index (χ0v) is 12.7. The Balaban J connectivity index is 2.29. The van der Waals surface area contributed by atoms with E-state index in [1.807, 2.05) is 0 Å². The monoisotopic (exact) mass is 307 g/mol. The Morgan fingerprint density at radius 2 is 2.10 bits per heavy atom. The summed E-state index contributed by atoms with van der Waals surface area (Å²) in [7, 11) is 1.66. The van der Waals surface area contributed by atoms with Crippen LogP contribution in [0.4, 0.5) is 0 Å². The third-order valence-corrected chi connectivity index (χ3v) is 4.46. The standard InChI is InChI=1S/C15H18ClN3O2/c1-18-13-11(6-4-7-12(13)16)14(20)19(15(18)21)10-5-2-3-8-17-9-10/h4,6-7,10,17H,2-3,5,8-9H2,1H3. The largest absolute Gasteiger partial charge is 0.331 e. The lowest BCUT2D eigenvalue weighted by atomic mass is 10.1. The number of halogens is 1. The lowest BCUT2D eigenvalue weighted by Gasteiger charge is -2.19. The molecule has 1 aliphatic heterocycles. The van der Waals surface area contributed by atoms with Crippen molar-refractivity contribution in [2.75, 3.05) is 13.1 Å². The van der Waals surface area contributed by atoms with Gasteiger partial charge in [-0.1, -0.05) is 24.1 Å². The summed E-state index contributed by atoms with van der Waals surface area (Å²) in [6, 6.07) is 5.07. The predicted molar refractivity (Wildman–Crippen MR) is 84.2 cm³/mol. The van der Waals surface area contributed by atoms with Gasteiger partial charge in [-0.25, -0.2) is 4.79 Å². The van der Waals surface area contributed by atoms with Crippen LogP contribution in [0, 0.1) is 0 Å². The van der Waals surface area contributed by atoms with Gasteiger partial charge in [0.1, 0.15) is 0 Å². The quantitative estimate of drug-likeness (QED) is 0.872. The molecular formula is C15H18ClN3O2. The summed E-state index contributed by atoms with van der Waals surface area (Å²) < 4.78 is 2.86. The number of aromatic nitrogens is 2. The van der Waals surface area contributed by atoms with Crippen molar-refractivity contribution in [2.45, 2.75) is 25.3 Å². The molecule has 21 heavy (non-hydrogen) atoms. The van der Waals surface area contributed by atoms with Crippen molar-refractivity contribution in [1.29, 1.82) is 0 Å². The lowest BCUT2D eigenvalue weighted by Crippen LogP contribution is -2.43. The van der Waals surface area contributed by atoms with Gasteiger partial charge in [0.25, 0.3) is 5.56 Å². The van der Waals surface area contributed by atoms with E-state index in [2.05, 4.69) is 5.32 Å². The molecule has 2 heterocycles. The van der Waals surface area contributed by atoms with E-state index in [9.17, 15) is 9.59 Å². The van der Waals surface area contributed by atoms with Crippen molar-refractivity contribution in [3.05, 3.63) is 44.1 Å². The summed E-state index contributed by atoms with van der Waals surface area (Å²) in [6.07, 6.45) is 2.93. The second kappa shape index (κ2) is 5.66. The van der Waals surface area contributed by atoms with Crippen LogP contribution in [0.2, 0.25) is 5.02 Å². The topological polar surface area (TPSA) is 56.0 Å². The minimum Gasteiger partial charge on any atom is -0.315 e. The lowest BCUT2D eigenvalue weighted by molar-refractivity contribution is 0.426. The smallest absolute Gasteiger partial charge is 0.315 e. The zero-order chi connectivity index (χ0) is 15.0. The van der Waals surface area contributed by atoms with Gasteiger partial charge in [-0.15, -0.1) is 0 Å². The molecule has 0 spiro atoms. The maximum absolute atomic E-state index is 12.7. The van der Waals surface area contributed by atoms with E-state index in [1.165, 1.54) is 9.13 Å². The molecule has 6 heteroatoms. The molecule has 0 amide bonds. The van der Waals surface area contributed by atoms with Crippen molar-refractivity contribution < 1.29 is 0 Å². The molecular weight excluding hydrogens is 290 g/mol. The first kappa shape index (κ1) is 14.4. The normalized spacial score (nSPS) is 19.6. The van der Waals surface area contributed by atoms with Crippen molar-refractivity contribution in [1.82, 2.24) is 14.5 Å². The third-order valence-electron chi connectivity index (χ3n) is 4.15. The van der Waals surface area contributed by atoms with Gasteiger partial charge in [0, 0.05) is 13.6 Å². The minimum atomic E-state index is -0.297. The maximum atomic E-state index is 12.7. The van der Waals surface area contributed by atoms with E-state index >= 15 is 0 Å². The van der Waals surface area contributed by atoms with E-state index in [4.69, 9.17) is 11.6 Å². The van der Waals surface area contributed by atoms with Crippen LogP contribution in [0.1, 0.15) is 25.3 Å². The third kappa shape index (κ3) is 2.40. The van der Waals surface area contributed by atoms with Crippen LogP contribution in [0.25, 0.3) is 10.9 Å². The molecule has 0 radical (unpaired) electrons. The summed E-state index contributed by atoms with van der Waals surface area (Å²) in [5.74, 6) is 0. The Morgan fingerprint density at radius 3 is 2.90 bits per heavy atom. The highest BCUT2D eigenvalue weighted by Gasteiger charge is 2.21. The summed E-state index contributed by atoms with van der Waals surface area (Å²) in [6.45, 7) is 1.59. The SMILES string of the molecule is Cn1c(=O)n(C2CCCCNC2)c(=O)c2cccc(Cl)c21. The van der Waals surface area contributed by atoms with Crippen LogP contribution < -0.4 is 16.6 Å². The van der Waals surface area contributed by atoms with Crippen molar-refractivity contribution >= 4 is 22.5 Å². The van der Waals surface area contributed by atoms with E-state index in [0.29, 0.717) is 22.5 Å². The minimum absolute atomic E-state index is 0.0953. The molecule has 2 aromatic rings. The van der Waals surface area contributed by atoms with Crippen LogP contribution in [0.3, 0.4) is 0 Å². The fourth-order valence-electron chi connectivity index (χ4n) is 3.05. The molecule has 1 aromatic carbocycles. The van der Waals surface area contributed by atoms with Gasteiger partial charge < -0.3 is 5.32 Å². The second-order valence-electron chi connectivity index (χ2n) is 5.51. The van der Waals surface area contributed by atoms with Gasteiger partial charge in [-0.3, -0.25) is 13.9 Å². The number of nitrogens with one attached hydrogen (secondary N) is 1. The molecule has 1 aromatic heterocycles. The molecule has 1 unspecified atom stereocenters. The Kier molecular flexibility index (Phi) is 3.87. The van der Waals surface area contributed by atoms with Gasteiger partial charge >= 0.3 is 5.69 Å². The highest BCUT2D eigenvalue weighted by molar-refractivity contribution is 6.35. The summed E-state index contributed by atoms with van der Waals surface area (Å²) >= 11 is 6.15. The average molecular weight is 308 g/mol. The fourth-order valence-corrected chi connectivity index (χ4v) is 3.35. The van der Waals surface area contributed by atoms with Crippen LogP contribution >= 0.6 is 11.6 Å². The van der Waals surface area contributed by atoms with Crippen molar-refractivity contribution in [3.8, 4) is 0 Å². The molecule has 5 nitrogen and oxygen atoms in total. The van der Waals surface area contributed by atoms with E-state index < -0.39 is 0 Å². The molecule has 0 bridgehead atoms. The molecule has 3 rings (SSSR count). The van der Waals surface area contributed by atoms with Gasteiger partial charge in [-0.2, -0.15) is 0 Å². The molecule has 1 fully saturated rings. The van der Waals surface area contributed by atoms with Gasteiger partial charge in [0.2, 0.25) is 0 Å². The molecule has 1 aliphatic rings. The number of para-hydroxylation sites is 1. The molecule has 1 N–H and O–H groups in total. The molecule has 0 saturated carbocycles. The average Bonchev–Trinajstić information content (AvgIpc) is 2.74. The summed E-state index contributed by atoms with van der Waals surface area (Å²) in [5.41, 5.74) is -0.0365. The van der Waals surface area contributed by atoms with Gasteiger partial charge in [-0.05, 0) is 31.5 Å². The van der Waals surface area contributed by atoms with Crippen LogP contribution in [-0.2, 0) is 7.05 Å². The Bertz CT molecular complexity index is 786. The van der Waals surface area contributed by atoms with Gasteiger partial charge in [0.15, 0.2) is 0 Å². The van der Waals surface area contributed by atoms with Crippen LogP contribution in [0.15, 0.2) is 27.8 Å². The molecule has 0 aliphatic carbocycles. The van der Waals surface area contributed by atoms with Gasteiger partial charge in [0.05, 0.1) is 22.0 Å². The molecule has 112 valence electrons. The van der Waals surface area contributed by atoms with E-state index in [0.717, 1.165) is 25.8 Å². The fraction of sp³-hybridized carbons (Fsp3) is 0.467. The van der Waals surface area contributed by atoms with Crippen LogP contribution in [-0.4, -0.2) is 22.2 Å². The Labute approximate surface area is 127 Å². The maximum Gasteiger partial charge on any atom is 0.331 e. The summed E-state index contributed by atoms with van der Waals surface area (Å²) in [5, 5.41) is 4.22. The van der Waals surface area contributed by atoms with E-state index in [1.54, 1.807) is 25.2 Å². The zero-order valence-electron chi connectivity index (χ0n) is 11.9. The highest BCUT2D eigenvalue weighted by atomic mass is 35.5. The number of hydrogen-bond acceptors (Lipinski definition) is 3. The first-order valence-electron chi connectivity index (χ1n) is 7.21. The Morgan fingerprint density at radius 1 is 1.29 bits per heavy atom. The second-order valence-corrected chi connectivity index (χ2v) is 5.91. The number of nitrogens with zero attached hydrogens (tertiary/aromatic N) is 2. The number of aryl methyl sites for hydroxylation is 1. The first-order valence-corrected chi connectivity index (χ1v) is 7.59. The summed E-state index contributed by atoms with van der Waals surface area (Å²) in [4.78, 5) is 25.3. The number of rotatable bonds is 1. The van der Waals surface area contributed by atoms with Crippen molar-refractivity contribution in [3.63, 3.8) is 0 Å². The molecule has 1 saturated heterocycles. The molecule has 1 atom stereocenters. The number of benzene rings is 1. The highest BCUT2D eigenvalue weighted by Crippen LogP contribution is 2.20. The predicted octanol–water partition coefficient (Wildman–Crippen LogP) is 1.67. The van der Waals surface area contributed by atoms with Crippen LogP contribution in [0.5, 0.6) is 0 Å². The van der Waals surface area contributed by atoms with Crippen molar-refractivity contribution in [2.24, 2.45) is 7.05 Å². The number of hydrogen-bond donors (Lipinski definition) is 1. The number of fused-ring (bicyclic) bond motifs is 1. The first-order chi connectivity index (χ1) is 10.1.